The first-order chi connectivity index (χ1) is 13.6. The molecular formula is C23H28N2O3. The number of para-hydroxylation sites is 1. The van der Waals surface area contributed by atoms with Crippen LogP contribution < -0.4 is 10.1 Å². The summed E-state index contributed by atoms with van der Waals surface area (Å²) in [7, 11) is 0. The third-order valence-electron chi connectivity index (χ3n) is 5.84. The molecule has 0 saturated carbocycles. The van der Waals surface area contributed by atoms with Crippen LogP contribution in [0.2, 0.25) is 0 Å². The number of nitrogens with zero attached hydrogens (tertiary/aromatic N) is 1. The molecule has 1 amide bonds. The third kappa shape index (κ3) is 3.91. The SMILES string of the molecule is C[C@@H]1Oc2c(C(=O)NCc3ccccc3CN3CCOCC3)cccc2[C@H]1C. The van der Waals surface area contributed by atoms with Crippen molar-refractivity contribution >= 4 is 5.91 Å². The maximum absolute atomic E-state index is 12.9. The largest absolute Gasteiger partial charge is 0.489 e. The lowest BCUT2D eigenvalue weighted by atomic mass is 9.97. The molecule has 0 spiro atoms. The Kier molecular flexibility index (Phi) is 5.64. The van der Waals surface area contributed by atoms with Crippen LogP contribution in [0.5, 0.6) is 5.75 Å². The summed E-state index contributed by atoms with van der Waals surface area (Å²) in [4.78, 5) is 15.3. The number of rotatable bonds is 5. The minimum Gasteiger partial charge on any atom is -0.489 e. The molecule has 2 atom stereocenters. The first kappa shape index (κ1) is 19.0. The van der Waals surface area contributed by atoms with Crippen molar-refractivity contribution in [2.75, 3.05) is 26.3 Å². The summed E-state index contributed by atoms with van der Waals surface area (Å²) < 4.78 is 11.4. The number of fused-ring (bicyclic) bond motifs is 1. The number of hydrogen-bond acceptors (Lipinski definition) is 4. The van der Waals surface area contributed by atoms with Crippen molar-refractivity contribution in [1.29, 1.82) is 0 Å². The lowest BCUT2D eigenvalue weighted by molar-refractivity contribution is 0.0340. The van der Waals surface area contributed by atoms with Gasteiger partial charge in [-0.15, -0.1) is 0 Å². The number of nitrogens with one attached hydrogen (secondary N) is 1. The van der Waals surface area contributed by atoms with E-state index >= 15 is 0 Å². The number of benzene rings is 2. The molecule has 0 radical (unpaired) electrons. The molecule has 2 aromatic carbocycles. The highest BCUT2D eigenvalue weighted by atomic mass is 16.5. The quantitative estimate of drug-likeness (QED) is 0.864. The normalized spacial score (nSPS) is 21.8. The second-order valence-corrected chi connectivity index (χ2v) is 7.68. The Bertz CT molecular complexity index is 845. The minimum absolute atomic E-state index is 0.0840. The van der Waals surface area contributed by atoms with Crippen molar-refractivity contribution in [3.63, 3.8) is 0 Å². The summed E-state index contributed by atoms with van der Waals surface area (Å²) in [5.74, 6) is 0.956. The fourth-order valence-electron chi connectivity index (χ4n) is 3.92. The topological polar surface area (TPSA) is 50.8 Å². The third-order valence-corrected chi connectivity index (χ3v) is 5.84. The van der Waals surface area contributed by atoms with Crippen molar-refractivity contribution < 1.29 is 14.3 Å². The van der Waals surface area contributed by atoms with Crippen molar-refractivity contribution in [2.24, 2.45) is 0 Å². The summed E-state index contributed by atoms with van der Waals surface area (Å²) in [6, 6.07) is 14.2. The summed E-state index contributed by atoms with van der Waals surface area (Å²) in [5, 5.41) is 3.09. The van der Waals surface area contributed by atoms with E-state index in [1.54, 1.807) is 0 Å². The Hall–Kier alpha value is -2.37. The molecule has 148 valence electrons. The van der Waals surface area contributed by atoms with Gasteiger partial charge in [-0.3, -0.25) is 9.69 Å². The predicted molar refractivity (Wildman–Crippen MR) is 109 cm³/mol. The molecule has 1 saturated heterocycles. The molecule has 2 aliphatic rings. The van der Waals surface area contributed by atoms with Gasteiger partial charge in [-0.25, -0.2) is 0 Å². The van der Waals surface area contributed by atoms with Crippen LogP contribution in [0.4, 0.5) is 0 Å². The van der Waals surface area contributed by atoms with E-state index in [1.165, 1.54) is 5.56 Å². The van der Waals surface area contributed by atoms with E-state index in [9.17, 15) is 4.79 Å². The van der Waals surface area contributed by atoms with Gasteiger partial charge in [0.25, 0.3) is 5.91 Å². The van der Waals surface area contributed by atoms with Gasteiger partial charge in [-0.2, -0.15) is 0 Å². The summed E-state index contributed by atoms with van der Waals surface area (Å²) in [5.41, 5.74) is 4.14. The number of morpholine rings is 1. The van der Waals surface area contributed by atoms with Crippen LogP contribution >= 0.6 is 0 Å². The van der Waals surface area contributed by atoms with Crippen molar-refractivity contribution in [1.82, 2.24) is 10.2 Å². The number of ether oxygens (including phenoxy) is 2. The molecule has 1 N–H and O–H groups in total. The van der Waals surface area contributed by atoms with E-state index in [0.29, 0.717) is 18.0 Å². The highest BCUT2D eigenvalue weighted by Crippen LogP contribution is 2.40. The minimum atomic E-state index is -0.0840. The maximum Gasteiger partial charge on any atom is 0.255 e. The van der Waals surface area contributed by atoms with E-state index in [-0.39, 0.29) is 12.0 Å². The maximum atomic E-state index is 12.9. The average Bonchev–Trinajstić information content (AvgIpc) is 3.02. The molecule has 0 unspecified atom stereocenters. The highest BCUT2D eigenvalue weighted by molar-refractivity contribution is 5.97. The number of hydrogen-bond donors (Lipinski definition) is 1. The van der Waals surface area contributed by atoms with Gasteiger partial charge in [0.05, 0.1) is 18.8 Å². The van der Waals surface area contributed by atoms with Gasteiger partial charge in [0.2, 0.25) is 0 Å². The Labute approximate surface area is 166 Å². The van der Waals surface area contributed by atoms with Crippen LogP contribution in [0, 0.1) is 0 Å². The molecule has 0 bridgehead atoms. The van der Waals surface area contributed by atoms with Gasteiger partial charge in [0, 0.05) is 37.7 Å². The molecule has 2 heterocycles. The molecule has 0 aromatic heterocycles. The van der Waals surface area contributed by atoms with Crippen LogP contribution in [0.15, 0.2) is 42.5 Å². The summed E-state index contributed by atoms with van der Waals surface area (Å²) in [6.07, 6.45) is 0.0956. The Morgan fingerprint density at radius 1 is 1.07 bits per heavy atom. The molecule has 5 heteroatoms. The van der Waals surface area contributed by atoms with Gasteiger partial charge in [-0.1, -0.05) is 43.3 Å². The molecular weight excluding hydrogens is 352 g/mol. The van der Waals surface area contributed by atoms with Crippen LogP contribution in [-0.4, -0.2) is 43.2 Å². The lowest BCUT2D eigenvalue weighted by Gasteiger charge is -2.27. The van der Waals surface area contributed by atoms with E-state index in [0.717, 1.165) is 49.7 Å². The molecule has 2 aliphatic heterocycles. The molecule has 4 rings (SSSR count). The zero-order valence-corrected chi connectivity index (χ0v) is 16.6. The zero-order valence-electron chi connectivity index (χ0n) is 16.6. The highest BCUT2D eigenvalue weighted by Gasteiger charge is 2.31. The lowest BCUT2D eigenvalue weighted by Crippen LogP contribution is -2.36. The van der Waals surface area contributed by atoms with Gasteiger partial charge < -0.3 is 14.8 Å². The molecule has 28 heavy (non-hydrogen) atoms. The van der Waals surface area contributed by atoms with E-state index < -0.39 is 0 Å². The van der Waals surface area contributed by atoms with Crippen LogP contribution in [0.1, 0.15) is 46.8 Å². The van der Waals surface area contributed by atoms with E-state index in [2.05, 4.69) is 41.4 Å². The van der Waals surface area contributed by atoms with Gasteiger partial charge in [0.1, 0.15) is 11.9 Å². The van der Waals surface area contributed by atoms with E-state index in [1.807, 2.05) is 25.1 Å². The standard InChI is InChI=1S/C23H28N2O3/c1-16-17(2)28-22-20(16)8-5-9-21(22)23(26)24-14-18-6-3-4-7-19(18)15-25-10-12-27-13-11-25/h3-9,16-17H,10-15H2,1-2H3,(H,24,26)/t16-,17-/m0/s1. The second-order valence-electron chi connectivity index (χ2n) is 7.68. The van der Waals surface area contributed by atoms with Gasteiger partial charge in [-0.05, 0) is 24.1 Å². The second kappa shape index (κ2) is 8.33. The van der Waals surface area contributed by atoms with Crippen LogP contribution in [0.3, 0.4) is 0 Å². The molecule has 2 aromatic rings. The van der Waals surface area contributed by atoms with Gasteiger partial charge >= 0.3 is 0 Å². The predicted octanol–water partition coefficient (Wildman–Crippen LogP) is 3.33. The first-order valence-electron chi connectivity index (χ1n) is 10.1. The van der Waals surface area contributed by atoms with Crippen molar-refractivity contribution in [2.45, 2.75) is 39.0 Å². The Morgan fingerprint density at radius 3 is 2.61 bits per heavy atom. The van der Waals surface area contributed by atoms with E-state index in [4.69, 9.17) is 9.47 Å². The fourth-order valence-corrected chi connectivity index (χ4v) is 3.92. The molecule has 0 aliphatic carbocycles. The number of carbonyl (C=O) groups excluding carboxylic acids is 1. The Balaban J connectivity index is 1.45. The average molecular weight is 380 g/mol. The van der Waals surface area contributed by atoms with Crippen molar-refractivity contribution in [3.8, 4) is 5.75 Å². The monoisotopic (exact) mass is 380 g/mol. The Morgan fingerprint density at radius 2 is 1.82 bits per heavy atom. The number of amides is 1. The fraction of sp³-hybridized carbons (Fsp3) is 0.435. The van der Waals surface area contributed by atoms with Gasteiger partial charge in [0.15, 0.2) is 0 Å². The molecule has 5 nitrogen and oxygen atoms in total. The smallest absolute Gasteiger partial charge is 0.255 e. The van der Waals surface area contributed by atoms with Crippen molar-refractivity contribution in [3.05, 3.63) is 64.7 Å². The van der Waals surface area contributed by atoms with Crippen LogP contribution in [0.25, 0.3) is 0 Å². The zero-order chi connectivity index (χ0) is 19.5. The summed E-state index contributed by atoms with van der Waals surface area (Å²) in [6.45, 7) is 9.05. The first-order valence-corrected chi connectivity index (χ1v) is 10.1. The van der Waals surface area contributed by atoms with Crippen LogP contribution in [-0.2, 0) is 17.8 Å². The molecule has 1 fully saturated rings. The summed E-state index contributed by atoms with van der Waals surface area (Å²) >= 11 is 0. The number of carbonyl (C=O) groups is 1.